The second kappa shape index (κ2) is 4.73. The van der Waals surface area contributed by atoms with Crippen LogP contribution < -0.4 is 5.32 Å². The van der Waals surface area contributed by atoms with Gasteiger partial charge in [0.25, 0.3) is 0 Å². The third-order valence-corrected chi connectivity index (χ3v) is 3.37. The minimum absolute atomic E-state index is 0.0107. The molecular formula is C11H19BrN2O2. The fourth-order valence-electron chi connectivity index (χ4n) is 1.67. The van der Waals surface area contributed by atoms with E-state index in [0.29, 0.717) is 6.54 Å². The van der Waals surface area contributed by atoms with Gasteiger partial charge in [0.2, 0.25) is 11.8 Å². The van der Waals surface area contributed by atoms with Crippen molar-refractivity contribution in [2.24, 2.45) is 0 Å². The fourth-order valence-corrected chi connectivity index (χ4v) is 2.13. The summed E-state index contributed by atoms with van der Waals surface area (Å²) in [7, 11) is 0. The molecule has 0 aromatic heterocycles. The Morgan fingerprint density at radius 3 is 2.50 bits per heavy atom. The summed E-state index contributed by atoms with van der Waals surface area (Å²) in [5.74, 6) is -0.0843. The van der Waals surface area contributed by atoms with Crippen LogP contribution in [0, 0.1) is 0 Å². The molecule has 0 aromatic carbocycles. The summed E-state index contributed by atoms with van der Waals surface area (Å²) < 4.78 is 0. The Kier molecular flexibility index (Phi) is 3.99. The zero-order chi connectivity index (χ0) is 12.5. The number of carbonyl (C=O) groups is 2. The minimum atomic E-state index is -0.394. The van der Waals surface area contributed by atoms with E-state index in [2.05, 4.69) is 21.2 Å². The zero-order valence-electron chi connectivity index (χ0n) is 10.2. The summed E-state index contributed by atoms with van der Waals surface area (Å²) in [4.78, 5) is 25.1. The Balaban J connectivity index is 2.61. The van der Waals surface area contributed by atoms with E-state index in [4.69, 9.17) is 0 Å². The lowest BCUT2D eigenvalue weighted by Crippen LogP contribution is -2.51. The van der Waals surface area contributed by atoms with E-state index in [-0.39, 0.29) is 22.2 Å². The van der Waals surface area contributed by atoms with Crippen molar-refractivity contribution in [3.05, 3.63) is 0 Å². The molecule has 0 saturated carbocycles. The van der Waals surface area contributed by atoms with Gasteiger partial charge in [-0.15, -0.1) is 0 Å². The largest absolute Gasteiger partial charge is 0.350 e. The lowest BCUT2D eigenvalue weighted by atomic mass is 10.1. The Labute approximate surface area is 105 Å². The Hall–Kier alpha value is -0.580. The highest BCUT2D eigenvalue weighted by atomic mass is 79.9. The number of nitrogens with one attached hydrogen (secondary N) is 1. The number of alkyl halides is 1. The molecule has 1 aliphatic heterocycles. The highest BCUT2D eigenvalue weighted by molar-refractivity contribution is 9.10. The number of halogens is 1. The van der Waals surface area contributed by atoms with E-state index < -0.39 is 6.04 Å². The van der Waals surface area contributed by atoms with Crippen LogP contribution in [-0.4, -0.2) is 39.7 Å². The van der Waals surface area contributed by atoms with Crippen molar-refractivity contribution in [1.29, 1.82) is 0 Å². The van der Waals surface area contributed by atoms with Gasteiger partial charge in [-0.2, -0.15) is 0 Å². The molecule has 1 saturated heterocycles. The highest BCUT2D eigenvalue weighted by Crippen LogP contribution is 2.20. The van der Waals surface area contributed by atoms with E-state index >= 15 is 0 Å². The lowest BCUT2D eigenvalue weighted by Gasteiger charge is -2.28. The molecule has 0 radical (unpaired) electrons. The second-order valence-electron chi connectivity index (χ2n) is 5.20. The summed E-state index contributed by atoms with van der Waals surface area (Å²) >= 11 is 3.30. The van der Waals surface area contributed by atoms with Crippen molar-refractivity contribution < 1.29 is 9.59 Å². The number of hydrogen-bond donors (Lipinski definition) is 1. The molecule has 2 amide bonds. The van der Waals surface area contributed by atoms with Gasteiger partial charge in [0, 0.05) is 12.1 Å². The van der Waals surface area contributed by atoms with Crippen LogP contribution >= 0.6 is 15.9 Å². The number of hydrogen-bond acceptors (Lipinski definition) is 2. The Morgan fingerprint density at radius 2 is 2.12 bits per heavy atom. The van der Waals surface area contributed by atoms with Crippen LogP contribution in [-0.2, 0) is 9.59 Å². The summed E-state index contributed by atoms with van der Waals surface area (Å²) in [6.07, 6.45) is 0.770. The third kappa shape index (κ3) is 3.20. The first-order valence-corrected chi connectivity index (χ1v) is 6.40. The molecule has 0 bridgehead atoms. The molecule has 4 nitrogen and oxygen atoms in total. The number of nitrogens with zero attached hydrogens (tertiary/aromatic N) is 1. The van der Waals surface area contributed by atoms with Crippen LogP contribution in [0.3, 0.4) is 0 Å². The molecule has 1 aliphatic rings. The third-order valence-electron chi connectivity index (χ3n) is 2.52. The van der Waals surface area contributed by atoms with Crippen LogP contribution in [0.5, 0.6) is 0 Å². The fraction of sp³-hybridized carbons (Fsp3) is 0.818. The van der Waals surface area contributed by atoms with Crippen molar-refractivity contribution in [3.8, 4) is 0 Å². The normalized spacial score (nSPS) is 23.4. The van der Waals surface area contributed by atoms with Gasteiger partial charge in [-0.3, -0.25) is 9.59 Å². The first kappa shape index (κ1) is 13.5. The monoisotopic (exact) mass is 290 g/mol. The van der Waals surface area contributed by atoms with E-state index in [1.54, 1.807) is 11.8 Å². The summed E-state index contributed by atoms with van der Waals surface area (Å²) in [5.41, 5.74) is -0.262. The van der Waals surface area contributed by atoms with Crippen molar-refractivity contribution in [2.45, 2.75) is 50.5 Å². The molecule has 1 rings (SSSR count). The zero-order valence-corrected chi connectivity index (χ0v) is 11.8. The molecule has 5 heteroatoms. The quantitative estimate of drug-likeness (QED) is 0.779. The van der Waals surface area contributed by atoms with Gasteiger partial charge in [0.05, 0.1) is 4.83 Å². The van der Waals surface area contributed by atoms with Gasteiger partial charge >= 0.3 is 0 Å². The first-order valence-electron chi connectivity index (χ1n) is 5.49. The van der Waals surface area contributed by atoms with Crippen LogP contribution in [0.1, 0.15) is 34.1 Å². The number of carbonyl (C=O) groups excluding carboxylic acids is 2. The van der Waals surface area contributed by atoms with Crippen LogP contribution in [0.25, 0.3) is 0 Å². The van der Waals surface area contributed by atoms with Gasteiger partial charge in [-0.1, -0.05) is 15.9 Å². The van der Waals surface area contributed by atoms with Crippen LogP contribution in [0.2, 0.25) is 0 Å². The molecule has 0 aromatic rings. The number of amides is 2. The summed E-state index contributed by atoms with van der Waals surface area (Å²) in [5, 5.41) is 2.88. The molecule has 0 aliphatic carbocycles. The van der Waals surface area contributed by atoms with Gasteiger partial charge in [-0.05, 0) is 34.1 Å². The molecule has 0 spiro atoms. The average Bonchev–Trinajstić information content (AvgIpc) is 2.44. The number of likely N-dealkylation sites (tertiary alicyclic amines) is 1. The lowest BCUT2D eigenvalue weighted by molar-refractivity contribution is -0.137. The number of rotatable bonds is 2. The Morgan fingerprint density at radius 1 is 1.56 bits per heavy atom. The molecule has 1 N–H and O–H groups in total. The molecule has 92 valence electrons. The summed E-state index contributed by atoms with van der Waals surface area (Å²) in [6, 6.07) is -0.394. The molecule has 1 heterocycles. The highest BCUT2D eigenvalue weighted by Gasteiger charge is 2.35. The van der Waals surface area contributed by atoms with Crippen molar-refractivity contribution in [1.82, 2.24) is 10.2 Å². The minimum Gasteiger partial charge on any atom is -0.350 e. The molecular weight excluding hydrogens is 272 g/mol. The van der Waals surface area contributed by atoms with E-state index in [1.807, 2.05) is 20.8 Å². The van der Waals surface area contributed by atoms with E-state index in [9.17, 15) is 9.59 Å². The van der Waals surface area contributed by atoms with Crippen LogP contribution in [0.4, 0.5) is 0 Å². The maximum absolute atomic E-state index is 11.9. The van der Waals surface area contributed by atoms with Gasteiger partial charge in [0.15, 0.2) is 0 Å². The molecule has 16 heavy (non-hydrogen) atoms. The van der Waals surface area contributed by atoms with Gasteiger partial charge < -0.3 is 10.2 Å². The molecule has 2 atom stereocenters. The smallest absolute Gasteiger partial charge is 0.242 e. The van der Waals surface area contributed by atoms with E-state index in [0.717, 1.165) is 6.42 Å². The van der Waals surface area contributed by atoms with Crippen molar-refractivity contribution >= 4 is 27.7 Å². The van der Waals surface area contributed by atoms with Gasteiger partial charge in [-0.25, -0.2) is 0 Å². The summed E-state index contributed by atoms with van der Waals surface area (Å²) in [6.45, 7) is 8.20. The SMILES string of the molecule is CC(C(=O)NC(C)(C)C)N1CCC(Br)C1=O. The maximum atomic E-state index is 11.9. The predicted octanol–water partition coefficient (Wildman–Crippen LogP) is 1.29. The maximum Gasteiger partial charge on any atom is 0.242 e. The predicted molar refractivity (Wildman–Crippen MR) is 66.4 cm³/mol. The van der Waals surface area contributed by atoms with Crippen LogP contribution in [0.15, 0.2) is 0 Å². The second-order valence-corrected chi connectivity index (χ2v) is 6.31. The topological polar surface area (TPSA) is 49.4 Å². The standard InChI is InChI=1S/C11H19BrN2O2/c1-7(9(15)13-11(2,3)4)14-6-5-8(12)10(14)16/h7-8H,5-6H2,1-4H3,(H,13,15). The first-order chi connectivity index (χ1) is 7.22. The Bertz CT molecular complexity index is 299. The van der Waals surface area contributed by atoms with Crippen molar-refractivity contribution in [2.75, 3.05) is 6.54 Å². The van der Waals surface area contributed by atoms with Crippen molar-refractivity contribution in [3.63, 3.8) is 0 Å². The average molecular weight is 291 g/mol. The molecule has 1 fully saturated rings. The van der Waals surface area contributed by atoms with Gasteiger partial charge in [0.1, 0.15) is 6.04 Å². The van der Waals surface area contributed by atoms with E-state index in [1.165, 1.54) is 0 Å². The molecule has 2 unspecified atom stereocenters.